The number of nitrogens with zero attached hydrogens (tertiary/aromatic N) is 1. The van der Waals surface area contributed by atoms with E-state index in [1.165, 1.54) is 11.1 Å². The van der Waals surface area contributed by atoms with Crippen molar-refractivity contribution in [2.24, 2.45) is 5.92 Å². The SMILES string of the molecule is CCCNC(=O)C(CC)Oc1ccc2c(c1)C(c1ccc(C)cc1)N(C(=O)C1CC1)CC2. The smallest absolute Gasteiger partial charge is 0.261 e. The lowest BCUT2D eigenvalue weighted by Gasteiger charge is -2.38. The monoisotopic (exact) mass is 434 g/mol. The minimum Gasteiger partial charge on any atom is -0.481 e. The van der Waals surface area contributed by atoms with Crippen LogP contribution in [0.2, 0.25) is 0 Å². The van der Waals surface area contributed by atoms with E-state index in [0.29, 0.717) is 18.7 Å². The molecule has 2 unspecified atom stereocenters. The quantitative estimate of drug-likeness (QED) is 0.662. The molecule has 32 heavy (non-hydrogen) atoms. The molecule has 1 aliphatic heterocycles. The van der Waals surface area contributed by atoms with Crippen molar-refractivity contribution >= 4 is 11.8 Å². The Labute approximate surface area is 191 Å². The molecule has 2 aromatic carbocycles. The first-order chi connectivity index (χ1) is 15.5. The molecule has 1 fully saturated rings. The first kappa shape index (κ1) is 22.4. The van der Waals surface area contributed by atoms with Crippen molar-refractivity contribution in [3.63, 3.8) is 0 Å². The number of benzene rings is 2. The number of carbonyl (C=O) groups is 2. The van der Waals surface area contributed by atoms with Crippen molar-refractivity contribution in [2.45, 2.75) is 65.0 Å². The predicted octanol–water partition coefficient (Wildman–Crippen LogP) is 4.56. The lowest BCUT2D eigenvalue weighted by molar-refractivity contribution is -0.134. The number of ether oxygens (including phenoxy) is 1. The predicted molar refractivity (Wildman–Crippen MR) is 126 cm³/mol. The lowest BCUT2D eigenvalue weighted by atomic mass is 9.87. The van der Waals surface area contributed by atoms with Gasteiger partial charge in [0.15, 0.2) is 6.10 Å². The molecule has 2 amide bonds. The molecular weight excluding hydrogens is 400 g/mol. The first-order valence-electron chi connectivity index (χ1n) is 12.0. The number of rotatable bonds is 8. The third kappa shape index (κ3) is 4.82. The van der Waals surface area contributed by atoms with Crippen molar-refractivity contribution in [2.75, 3.05) is 13.1 Å². The number of carbonyl (C=O) groups excluding carboxylic acids is 2. The van der Waals surface area contributed by atoms with E-state index >= 15 is 0 Å². The van der Waals surface area contributed by atoms with Crippen LogP contribution in [0.3, 0.4) is 0 Å². The number of aryl methyl sites for hydroxylation is 1. The van der Waals surface area contributed by atoms with E-state index in [9.17, 15) is 9.59 Å². The summed E-state index contributed by atoms with van der Waals surface area (Å²) in [5.41, 5.74) is 4.67. The summed E-state index contributed by atoms with van der Waals surface area (Å²) in [6, 6.07) is 14.4. The van der Waals surface area contributed by atoms with Crippen LogP contribution < -0.4 is 10.1 Å². The molecule has 1 N–H and O–H groups in total. The third-order valence-corrected chi connectivity index (χ3v) is 6.44. The summed E-state index contributed by atoms with van der Waals surface area (Å²) in [4.78, 5) is 27.7. The van der Waals surface area contributed by atoms with Crippen molar-refractivity contribution in [3.05, 3.63) is 64.7 Å². The molecule has 0 aromatic heterocycles. The van der Waals surface area contributed by atoms with E-state index < -0.39 is 6.10 Å². The minimum atomic E-state index is -0.523. The summed E-state index contributed by atoms with van der Waals surface area (Å²) in [7, 11) is 0. The second-order valence-electron chi connectivity index (χ2n) is 9.04. The number of hydrogen-bond donors (Lipinski definition) is 1. The van der Waals surface area contributed by atoms with Crippen molar-refractivity contribution in [3.8, 4) is 5.75 Å². The van der Waals surface area contributed by atoms with Gasteiger partial charge in [0, 0.05) is 19.0 Å². The van der Waals surface area contributed by atoms with E-state index in [-0.39, 0.29) is 23.8 Å². The van der Waals surface area contributed by atoms with E-state index in [1.54, 1.807) is 0 Å². The van der Waals surface area contributed by atoms with E-state index in [4.69, 9.17) is 4.74 Å². The average molecular weight is 435 g/mol. The van der Waals surface area contributed by atoms with Crippen molar-refractivity contribution in [1.29, 1.82) is 0 Å². The molecule has 1 saturated carbocycles. The highest BCUT2D eigenvalue weighted by Gasteiger charge is 2.39. The Morgan fingerprint density at radius 3 is 2.53 bits per heavy atom. The van der Waals surface area contributed by atoms with Gasteiger partial charge in [-0.1, -0.05) is 49.7 Å². The molecule has 0 spiro atoms. The number of fused-ring (bicyclic) bond motifs is 1. The maximum Gasteiger partial charge on any atom is 0.261 e. The summed E-state index contributed by atoms with van der Waals surface area (Å²) >= 11 is 0. The molecule has 2 aliphatic rings. The zero-order chi connectivity index (χ0) is 22.7. The van der Waals surface area contributed by atoms with Crippen LogP contribution in [0.15, 0.2) is 42.5 Å². The normalized spacial score (nSPS) is 18.6. The number of hydrogen-bond acceptors (Lipinski definition) is 3. The molecule has 2 aromatic rings. The van der Waals surface area contributed by atoms with Gasteiger partial charge in [0.25, 0.3) is 5.91 Å². The fourth-order valence-electron chi connectivity index (χ4n) is 4.43. The Kier molecular flexibility index (Phi) is 6.83. The molecule has 0 radical (unpaired) electrons. The van der Waals surface area contributed by atoms with Gasteiger partial charge in [0.1, 0.15) is 5.75 Å². The maximum atomic E-state index is 13.2. The van der Waals surface area contributed by atoms with Crippen LogP contribution in [0.25, 0.3) is 0 Å². The number of nitrogens with one attached hydrogen (secondary N) is 1. The number of amides is 2. The Hall–Kier alpha value is -2.82. The molecule has 4 rings (SSSR count). The Balaban J connectivity index is 1.66. The Bertz CT molecular complexity index is 965. The van der Waals surface area contributed by atoms with Gasteiger partial charge in [0.2, 0.25) is 5.91 Å². The molecule has 170 valence electrons. The van der Waals surface area contributed by atoms with Gasteiger partial charge >= 0.3 is 0 Å². The van der Waals surface area contributed by atoms with Crippen LogP contribution in [0.1, 0.15) is 67.8 Å². The molecule has 2 atom stereocenters. The average Bonchev–Trinajstić information content (AvgIpc) is 3.66. The summed E-state index contributed by atoms with van der Waals surface area (Å²) in [6.07, 6.45) is 3.80. The van der Waals surface area contributed by atoms with Gasteiger partial charge in [-0.3, -0.25) is 9.59 Å². The Morgan fingerprint density at radius 2 is 1.88 bits per heavy atom. The molecule has 0 bridgehead atoms. The minimum absolute atomic E-state index is 0.0762. The second-order valence-corrected chi connectivity index (χ2v) is 9.04. The van der Waals surface area contributed by atoms with Crippen LogP contribution in [0.5, 0.6) is 5.75 Å². The zero-order valence-electron chi connectivity index (χ0n) is 19.4. The standard InChI is InChI=1S/C27H34N2O3/c1-4-15-28-26(30)24(5-2)32-22-13-12-19-14-16-29(27(31)21-10-11-21)25(23(19)17-22)20-8-6-18(3)7-9-20/h6-9,12-13,17,21,24-25H,4-5,10-11,14-16H2,1-3H3,(H,28,30). The molecule has 5 nitrogen and oxygen atoms in total. The highest BCUT2D eigenvalue weighted by molar-refractivity contribution is 5.82. The lowest BCUT2D eigenvalue weighted by Crippen LogP contribution is -2.41. The van der Waals surface area contributed by atoms with E-state index in [2.05, 4.69) is 47.5 Å². The van der Waals surface area contributed by atoms with Gasteiger partial charge in [-0.15, -0.1) is 0 Å². The van der Waals surface area contributed by atoms with Crippen LogP contribution in [-0.2, 0) is 16.0 Å². The molecule has 0 saturated heterocycles. The van der Waals surface area contributed by atoms with Crippen LogP contribution >= 0.6 is 0 Å². The fourth-order valence-corrected chi connectivity index (χ4v) is 4.43. The molecule has 1 aliphatic carbocycles. The van der Waals surface area contributed by atoms with Gasteiger partial charge in [-0.25, -0.2) is 0 Å². The summed E-state index contributed by atoms with van der Waals surface area (Å²) in [5.74, 6) is 1.04. The highest BCUT2D eigenvalue weighted by atomic mass is 16.5. The van der Waals surface area contributed by atoms with E-state index in [1.807, 2.05) is 26.0 Å². The van der Waals surface area contributed by atoms with Gasteiger partial charge in [-0.2, -0.15) is 0 Å². The van der Waals surface area contributed by atoms with Crippen LogP contribution in [0.4, 0.5) is 0 Å². The fraction of sp³-hybridized carbons (Fsp3) is 0.481. The summed E-state index contributed by atoms with van der Waals surface area (Å²) < 4.78 is 6.13. The van der Waals surface area contributed by atoms with E-state index in [0.717, 1.165) is 43.4 Å². The second kappa shape index (κ2) is 9.76. The van der Waals surface area contributed by atoms with Crippen LogP contribution in [0, 0.1) is 12.8 Å². The maximum absolute atomic E-state index is 13.2. The van der Waals surface area contributed by atoms with Crippen LogP contribution in [-0.4, -0.2) is 35.9 Å². The van der Waals surface area contributed by atoms with Crippen molar-refractivity contribution in [1.82, 2.24) is 10.2 Å². The largest absolute Gasteiger partial charge is 0.481 e. The summed E-state index contributed by atoms with van der Waals surface area (Å²) in [6.45, 7) is 7.45. The molecule has 1 heterocycles. The first-order valence-corrected chi connectivity index (χ1v) is 12.0. The Morgan fingerprint density at radius 1 is 1.12 bits per heavy atom. The summed E-state index contributed by atoms with van der Waals surface area (Å²) in [5, 5.41) is 2.93. The van der Waals surface area contributed by atoms with Crippen molar-refractivity contribution < 1.29 is 14.3 Å². The zero-order valence-corrected chi connectivity index (χ0v) is 19.4. The third-order valence-electron chi connectivity index (χ3n) is 6.44. The molecular formula is C27H34N2O3. The topological polar surface area (TPSA) is 58.6 Å². The van der Waals surface area contributed by atoms with Gasteiger partial charge < -0.3 is 15.0 Å². The highest BCUT2D eigenvalue weighted by Crippen LogP contribution is 2.41. The molecule has 5 heteroatoms. The van der Waals surface area contributed by atoms with Gasteiger partial charge in [-0.05, 0) is 67.9 Å². The van der Waals surface area contributed by atoms with Gasteiger partial charge in [0.05, 0.1) is 6.04 Å².